The summed E-state index contributed by atoms with van der Waals surface area (Å²) in [6.45, 7) is 3.83. The highest BCUT2D eigenvalue weighted by Gasteiger charge is 2.14. The Morgan fingerprint density at radius 1 is 1.45 bits per heavy atom. The molecule has 1 aromatic rings. The van der Waals surface area contributed by atoms with E-state index in [-0.39, 0.29) is 18.1 Å². The standard InChI is InChI=1S/C14H20FN3O2/c1-20-11-3-4-12(15)13(9-11)17-14(19)10-18-7-2-5-16-6-8-18/h3-4,9,16H,2,5-8,10H2,1H3,(H,17,19). The number of carbonyl (C=O) groups is 1. The van der Waals surface area contributed by atoms with Crippen LogP contribution in [0.25, 0.3) is 0 Å². The molecule has 0 bridgehead atoms. The fourth-order valence-electron chi connectivity index (χ4n) is 2.18. The predicted molar refractivity (Wildman–Crippen MR) is 75.5 cm³/mol. The lowest BCUT2D eigenvalue weighted by molar-refractivity contribution is -0.117. The average Bonchev–Trinajstić information content (AvgIpc) is 2.70. The summed E-state index contributed by atoms with van der Waals surface area (Å²) in [5.41, 5.74) is 0.155. The minimum atomic E-state index is -0.461. The minimum absolute atomic E-state index is 0.155. The molecule has 110 valence electrons. The Kier molecular flexibility index (Phi) is 5.31. The van der Waals surface area contributed by atoms with Crippen molar-refractivity contribution in [1.82, 2.24) is 10.2 Å². The van der Waals surface area contributed by atoms with Crippen molar-refractivity contribution in [2.24, 2.45) is 0 Å². The Hall–Kier alpha value is -1.66. The zero-order valence-electron chi connectivity index (χ0n) is 11.6. The Bertz CT molecular complexity index is 460. The third-order valence-corrected chi connectivity index (χ3v) is 3.25. The molecule has 1 heterocycles. The Morgan fingerprint density at radius 2 is 2.30 bits per heavy atom. The molecular weight excluding hydrogens is 261 g/mol. The van der Waals surface area contributed by atoms with E-state index in [1.165, 1.54) is 25.3 Å². The lowest BCUT2D eigenvalue weighted by Crippen LogP contribution is -2.35. The van der Waals surface area contributed by atoms with Gasteiger partial charge < -0.3 is 15.4 Å². The maximum absolute atomic E-state index is 13.6. The highest BCUT2D eigenvalue weighted by Crippen LogP contribution is 2.20. The molecule has 5 nitrogen and oxygen atoms in total. The summed E-state index contributed by atoms with van der Waals surface area (Å²) in [6.07, 6.45) is 1.01. The monoisotopic (exact) mass is 281 g/mol. The SMILES string of the molecule is COc1ccc(F)c(NC(=O)CN2CCCNCC2)c1. The highest BCUT2D eigenvalue weighted by molar-refractivity contribution is 5.92. The van der Waals surface area contributed by atoms with Crippen molar-refractivity contribution >= 4 is 11.6 Å². The van der Waals surface area contributed by atoms with Gasteiger partial charge in [-0.05, 0) is 31.6 Å². The van der Waals surface area contributed by atoms with Crippen molar-refractivity contribution in [2.75, 3.05) is 45.2 Å². The third kappa shape index (κ3) is 4.18. The second-order valence-electron chi connectivity index (χ2n) is 4.77. The van der Waals surface area contributed by atoms with Gasteiger partial charge in [0.1, 0.15) is 11.6 Å². The number of halogens is 1. The van der Waals surface area contributed by atoms with Crippen LogP contribution < -0.4 is 15.4 Å². The van der Waals surface area contributed by atoms with Gasteiger partial charge in [-0.15, -0.1) is 0 Å². The number of rotatable bonds is 4. The van der Waals surface area contributed by atoms with Crippen LogP contribution in [-0.2, 0) is 4.79 Å². The Balaban J connectivity index is 1.93. The van der Waals surface area contributed by atoms with Crippen LogP contribution in [-0.4, -0.2) is 50.6 Å². The zero-order valence-corrected chi connectivity index (χ0v) is 11.6. The van der Waals surface area contributed by atoms with E-state index in [0.29, 0.717) is 5.75 Å². The van der Waals surface area contributed by atoms with Crippen molar-refractivity contribution in [1.29, 1.82) is 0 Å². The number of nitrogens with one attached hydrogen (secondary N) is 2. The van der Waals surface area contributed by atoms with Gasteiger partial charge in [0.05, 0.1) is 19.3 Å². The molecule has 0 atom stereocenters. The van der Waals surface area contributed by atoms with E-state index in [2.05, 4.69) is 15.5 Å². The van der Waals surface area contributed by atoms with E-state index in [0.717, 1.165) is 32.6 Å². The molecular formula is C14H20FN3O2. The van der Waals surface area contributed by atoms with Gasteiger partial charge in [0, 0.05) is 19.2 Å². The van der Waals surface area contributed by atoms with Crippen LogP contribution in [0.5, 0.6) is 5.75 Å². The maximum atomic E-state index is 13.6. The summed E-state index contributed by atoms with van der Waals surface area (Å²) in [4.78, 5) is 14.0. The van der Waals surface area contributed by atoms with E-state index < -0.39 is 5.82 Å². The van der Waals surface area contributed by atoms with Crippen LogP contribution >= 0.6 is 0 Å². The van der Waals surface area contributed by atoms with E-state index >= 15 is 0 Å². The lowest BCUT2D eigenvalue weighted by Gasteiger charge is -2.18. The summed E-state index contributed by atoms with van der Waals surface area (Å²) in [5, 5.41) is 5.87. The molecule has 1 saturated heterocycles. The second kappa shape index (κ2) is 7.21. The molecule has 0 aromatic heterocycles. The summed E-state index contributed by atoms with van der Waals surface area (Å²) in [7, 11) is 1.50. The maximum Gasteiger partial charge on any atom is 0.238 e. The lowest BCUT2D eigenvalue weighted by atomic mass is 10.2. The van der Waals surface area contributed by atoms with Gasteiger partial charge in [0.15, 0.2) is 0 Å². The average molecular weight is 281 g/mol. The highest BCUT2D eigenvalue weighted by atomic mass is 19.1. The summed E-state index contributed by atoms with van der Waals surface area (Å²) in [6, 6.07) is 4.28. The van der Waals surface area contributed by atoms with E-state index in [1.807, 2.05) is 0 Å². The molecule has 0 spiro atoms. The van der Waals surface area contributed by atoms with Gasteiger partial charge >= 0.3 is 0 Å². The van der Waals surface area contributed by atoms with Crippen LogP contribution in [0, 0.1) is 5.82 Å². The molecule has 0 radical (unpaired) electrons. The molecule has 1 aliphatic rings. The minimum Gasteiger partial charge on any atom is -0.497 e. The number of nitrogens with zero attached hydrogens (tertiary/aromatic N) is 1. The Labute approximate surface area is 118 Å². The molecule has 0 saturated carbocycles. The first-order valence-electron chi connectivity index (χ1n) is 6.75. The van der Waals surface area contributed by atoms with Crippen molar-refractivity contribution in [3.05, 3.63) is 24.0 Å². The van der Waals surface area contributed by atoms with Gasteiger partial charge in [-0.25, -0.2) is 4.39 Å². The van der Waals surface area contributed by atoms with Gasteiger partial charge in [-0.3, -0.25) is 9.69 Å². The molecule has 1 fully saturated rings. The van der Waals surface area contributed by atoms with Crippen molar-refractivity contribution in [3.8, 4) is 5.75 Å². The number of ether oxygens (including phenoxy) is 1. The number of hydrogen-bond acceptors (Lipinski definition) is 4. The normalized spacial score (nSPS) is 16.5. The van der Waals surface area contributed by atoms with Crippen LogP contribution in [0.3, 0.4) is 0 Å². The van der Waals surface area contributed by atoms with Gasteiger partial charge in [0.2, 0.25) is 5.91 Å². The number of methoxy groups -OCH3 is 1. The van der Waals surface area contributed by atoms with E-state index in [9.17, 15) is 9.18 Å². The molecule has 6 heteroatoms. The van der Waals surface area contributed by atoms with Gasteiger partial charge in [-0.1, -0.05) is 0 Å². The van der Waals surface area contributed by atoms with Crippen molar-refractivity contribution in [2.45, 2.75) is 6.42 Å². The van der Waals surface area contributed by atoms with Gasteiger partial charge in [-0.2, -0.15) is 0 Å². The van der Waals surface area contributed by atoms with Crippen LogP contribution in [0.2, 0.25) is 0 Å². The summed E-state index contributed by atoms with van der Waals surface area (Å²) >= 11 is 0. The molecule has 0 unspecified atom stereocenters. The molecule has 1 amide bonds. The Morgan fingerprint density at radius 3 is 3.10 bits per heavy atom. The van der Waals surface area contributed by atoms with Crippen LogP contribution in [0.15, 0.2) is 18.2 Å². The molecule has 1 aromatic carbocycles. The van der Waals surface area contributed by atoms with Crippen molar-refractivity contribution < 1.29 is 13.9 Å². The number of benzene rings is 1. The molecule has 2 rings (SSSR count). The largest absolute Gasteiger partial charge is 0.497 e. The summed E-state index contributed by atoms with van der Waals surface area (Å²) < 4.78 is 18.6. The molecule has 1 aliphatic heterocycles. The first-order chi connectivity index (χ1) is 9.69. The van der Waals surface area contributed by atoms with Crippen molar-refractivity contribution in [3.63, 3.8) is 0 Å². The third-order valence-electron chi connectivity index (χ3n) is 3.25. The molecule has 2 N–H and O–H groups in total. The smallest absolute Gasteiger partial charge is 0.238 e. The number of hydrogen-bond donors (Lipinski definition) is 2. The van der Waals surface area contributed by atoms with E-state index in [1.54, 1.807) is 0 Å². The van der Waals surface area contributed by atoms with E-state index in [4.69, 9.17) is 4.74 Å². The fourth-order valence-corrected chi connectivity index (χ4v) is 2.18. The summed E-state index contributed by atoms with van der Waals surface area (Å²) in [5.74, 6) is -0.156. The second-order valence-corrected chi connectivity index (χ2v) is 4.77. The first-order valence-corrected chi connectivity index (χ1v) is 6.75. The fraction of sp³-hybridized carbons (Fsp3) is 0.500. The van der Waals surface area contributed by atoms with Gasteiger partial charge in [0.25, 0.3) is 0 Å². The van der Waals surface area contributed by atoms with Crippen LogP contribution in [0.1, 0.15) is 6.42 Å². The predicted octanol–water partition coefficient (Wildman–Crippen LogP) is 1.07. The topological polar surface area (TPSA) is 53.6 Å². The number of anilines is 1. The number of amides is 1. The number of carbonyl (C=O) groups excluding carboxylic acids is 1. The van der Waals surface area contributed by atoms with Crippen LogP contribution in [0.4, 0.5) is 10.1 Å². The first kappa shape index (κ1) is 14.7. The molecule has 20 heavy (non-hydrogen) atoms. The molecule has 0 aliphatic carbocycles. The zero-order chi connectivity index (χ0) is 14.4. The quantitative estimate of drug-likeness (QED) is 0.867.